The lowest BCUT2D eigenvalue weighted by atomic mass is 9.94. The van der Waals surface area contributed by atoms with Crippen LogP contribution in [0.1, 0.15) is 31.2 Å². The van der Waals surface area contributed by atoms with E-state index in [2.05, 4.69) is 24.4 Å². The van der Waals surface area contributed by atoms with Gasteiger partial charge < -0.3 is 10.1 Å². The average molecular weight is 207 g/mol. The second kappa shape index (κ2) is 6.46. The first kappa shape index (κ1) is 12.1. The van der Waals surface area contributed by atoms with E-state index in [1.807, 2.05) is 19.2 Å². The molecule has 0 heterocycles. The van der Waals surface area contributed by atoms with Crippen LogP contribution in [0.15, 0.2) is 24.3 Å². The predicted octanol–water partition coefficient (Wildman–Crippen LogP) is 2.80. The number of methoxy groups -OCH3 is 1. The van der Waals surface area contributed by atoms with Crippen LogP contribution < -0.4 is 10.1 Å². The summed E-state index contributed by atoms with van der Waals surface area (Å²) in [4.78, 5) is 0. The van der Waals surface area contributed by atoms with Crippen LogP contribution in [-0.2, 0) is 0 Å². The van der Waals surface area contributed by atoms with E-state index in [1.165, 1.54) is 18.4 Å². The quantitative estimate of drug-likeness (QED) is 0.774. The van der Waals surface area contributed by atoms with E-state index < -0.39 is 0 Å². The van der Waals surface area contributed by atoms with Gasteiger partial charge in [0.05, 0.1) is 7.11 Å². The molecule has 0 saturated heterocycles. The topological polar surface area (TPSA) is 21.3 Å². The molecular weight excluding hydrogens is 186 g/mol. The summed E-state index contributed by atoms with van der Waals surface area (Å²) in [5.74, 6) is 1.55. The van der Waals surface area contributed by atoms with E-state index >= 15 is 0 Å². The van der Waals surface area contributed by atoms with Crippen molar-refractivity contribution in [3.05, 3.63) is 29.8 Å². The molecule has 0 aliphatic rings. The molecule has 0 spiro atoms. The van der Waals surface area contributed by atoms with Gasteiger partial charge in [0.15, 0.2) is 0 Å². The zero-order valence-corrected chi connectivity index (χ0v) is 9.92. The summed E-state index contributed by atoms with van der Waals surface area (Å²) in [6, 6.07) is 8.40. The molecule has 1 aromatic carbocycles. The van der Waals surface area contributed by atoms with Crippen molar-refractivity contribution in [1.82, 2.24) is 5.32 Å². The van der Waals surface area contributed by atoms with Crippen molar-refractivity contribution in [3.63, 3.8) is 0 Å². The third-order valence-corrected chi connectivity index (χ3v) is 2.67. The van der Waals surface area contributed by atoms with Crippen LogP contribution in [0.2, 0.25) is 0 Å². The molecule has 1 unspecified atom stereocenters. The van der Waals surface area contributed by atoms with E-state index in [-0.39, 0.29) is 0 Å². The van der Waals surface area contributed by atoms with Gasteiger partial charge in [0, 0.05) is 6.54 Å². The van der Waals surface area contributed by atoms with Gasteiger partial charge in [-0.2, -0.15) is 0 Å². The zero-order chi connectivity index (χ0) is 11.1. The first-order valence-electron chi connectivity index (χ1n) is 5.60. The molecule has 0 saturated carbocycles. The number of ether oxygens (including phenoxy) is 1. The predicted molar refractivity (Wildman–Crippen MR) is 64.6 cm³/mol. The number of nitrogens with one attached hydrogen (secondary N) is 1. The summed E-state index contributed by atoms with van der Waals surface area (Å²) in [6.45, 7) is 3.27. The summed E-state index contributed by atoms with van der Waals surface area (Å²) in [6.07, 6.45) is 2.45. The fourth-order valence-corrected chi connectivity index (χ4v) is 1.86. The van der Waals surface area contributed by atoms with E-state index in [1.54, 1.807) is 7.11 Å². The Kier molecular flexibility index (Phi) is 5.19. The van der Waals surface area contributed by atoms with E-state index in [0.29, 0.717) is 5.92 Å². The SMILES string of the molecule is CCCC(CNC)c1ccc(OC)cc1. The lowest BCUT2D eigenvalue weighted by Gasteiger charge is -2.16. The van der Waals surface area contributed by atoms with Crippen LogP contribution >= 0.6 is 0 Å². The Hall–Kier alpha value is -1.02. The second-order valence-electron chi connectivity index (χ2n) is 3.82. The molecule has 1 N–H and O–H groups in total. The summed E-state index contributed by atoms with van der Waals surface area (Å²) < 4.78 is 5.15. The van der Waals surface area contributed by atoms with Crippen LogP contribution in [-0.4, -0.2) is 20.7 Å². The van der Waals surface area contributed by atoms with Crippen molar-refractivity contribution in [1.29, 1.82) is 0 Å². The Labute approximate surface area is 92.6 Å². The average Bonchev–Trinajstić information content (AvgIpc) is 2.29. The van der Waals surface area contributed by atoms with Crippen molar-refractivity contribution >= 4 is 0 Å². The van der Waals surface area contributed by atoms with E-state index in [4.69, 9.17) is 4.74 Å². The summed E-state index contributed by atoms with van der Waals surface area (Å²) in [5.41, 5.74) is 1.40. The molecule has 0 radical (unpaired) electrons. The van der Waals surface area contributed by atoms with Crippen LogP contribution in [0.25, 0.3) is 0 Å². The normalized spacial score (nSPS) is 12.5. The van der Waals surface area contributed by atoms with Crippen molar-refractivity contribution in [3.8, 4) is 5.75 Å². The summed E-state index contributed by atoms with van der Waals surface area (Å²) in [5, 5.41) is 3.25. The Balaban J connectivity index is 2.72. The minimum absolute atomic E-state index is 0.617. The Morgan fingerprint density at radius 3 is 2.40 bits per heavy atom. The Bertz CT molecular complexity index is 262. The molecule has 0 aliphatic heterocycles. The number of rotatable bonds is 6. The molecule has 2 nitrogen and oxygen atoms in total. The lowest BCUT2D eigenvalue weighted by molar-refractivity contribution is 0.414. The van der Waals surface area contributed by atoms with E-state index in [0.717, 1.165) is 12.3 Å². The first-order chi connectivity index (χ1) is 7.31. The standard InChI is InChI=1S/C13H21NO/c1-4-5-12(10-14-2)11-6-8-13(15-3)9-7-11/h6-9,12,14H,4-5,10H2,1-3H3. The minimum atomic E-state index is 0.617. The monoisotopic (exact) mass is 207 g/mol. The minimum Gasteiger partial charge on any atom is -0.497 e. The largest absolute Gasteiger partial charge is 0.497 e. The molecule has 0 amide bonds. The number of likely N-dealkylation sites (N-methyl/N-ethyl adjacent to an activating group) is 1. The van der Waals surface area contributed by atoms with Gasteiger partial charge in [-0.05, 0) is 37.1 Å². The van der Waals surface area contributed by atoms with Gasteiger partial charge in [0.25, 0.3) is 0 Å². The van der Waals surface area contributed by atoms with Crippen LogP contribution in [0, 0.1) is 0 Å². The van der Waals surface area contributed by atoms with Crippen molar-refractivity contribution in [2.75, 3.05) is 20.7 Å². The van der Waals surface area contributed by atoms with E-state index in [9.17, 15) is 0 Å². The van der Waals surface area contributed by atoms with Crippen LogP contribution in [0.5, 0.6) is 5.75 Å². The number of benzene rings is 1. The zero-order valence-electron chi connectivity index (χ0n) is 9.92. The highest BCUT2D eigenvalue weighted by Gasteiger charge is 2.09. The molecule has 1 atom stereocenters. The van der Waals surface area contributed by atoms with Gasteiger partial charge in [-0.3, -0.25) is 0 Å². The molecule has 2 heteroatoms. The molecular formula is C13H21NO. The maximum absolute atomic E-state index is 5.15. The smallest absolute Gasteiger partial charge is 0.118 e. The summed E-state index contributed by atoms with van der Waals surface area (Å²) >= 11 is 0. The van der Waals surface area contributed by atoms with Crippen molar-refractivity contribution < 1.29 is 4.74 Å². The molecule has 0 aromatic heterocycles. The summed E-state index contributed by atoms with van der Waals surface area (Å²) in [7, 11) is 3.71. The number of hydrogen-bond donors (Lipinski definition) is 1. The highest BCUT2D eigenvalue weighted by atomic mass is 16.5. The maximum Gasteiger partial charge on any atom is 0.118 e. The highest BCUT2D eigenvalue weighted by Crippen LogP contribution is 2.22. The van der Waals surface area contributed by atoms with Crippen LogP contribution in [0.3, 0.4) is 0 Å². The molecule has 15 heavy (non-hydrogen) atoms. The van der Waals surface area contributed by atoms with Gasteiger partial charge in [0.1, 0.15) is 5.75 Å². The Morgan fingerprint density at radius 2 is 1.93 bits per heavy atom. The van der Waals surface area contributed by atoms with Gasteiger partial charge in [0.2, 0.25) is 0 Å². The lowest BCUT2D eigenvalue weighted by Crippen LogP contribution is -2.17. The van der Waals surface area contributed by atoms with Gasteiger partial charge >= 0.3 is 0 Å². The molecule has 1 rings (SSSR count). The number of hydrogen-bond acceptors (Lipinski definition) is 2. The molecule has 0 bridgehead atoms. The third-order valence-electron chi connectivity index (χ3n) is 2.67. The second-order valence-corrected chi connectivity index (χ2v) is 3.82. The first-order valence-corrected chi connectivity index (χ1v) is 5.60. The third kappa shape index (κ3) is 3.56. The fourth-order valence-electron chi connectivity index (χ4n) is 1.86. The van der Waals surface area contributed by atoms with Crippen LogP contribution in [0.4, 0.5) is 0 Å². The highest BCUT2D eigenvalue weighted by molar-refractivity contribution is 5.29. The molecule has 84 valence electrons. The fraction of sp³-hybridized carbons (Fsp3) is 0.538. The molecule has 0 fully saturated rings. The van der Waals surface area contributed by atoms with Crippen molar-refractivity contribution in [2.45, 2.75) is 25.7 Å². The van der Waals surface area contributed by atoms with Gasteiger partial charge in [-0.25, -0.2) is 0 Å². The van der Waals surface area contributed by atoms with Crippen molar-refractivity contribution in [2.24, 2.45) is 0 Å². The molecule has 1 aromatic rings. The van der Waals surface area contributed by atoms with Gasteiger partial charge in [-0.15, -0.1) is 0 Å². The molecule has 0 aliphatic carbocycles. The Morgan fingerprint density at radius 1 is 1.27 bits per heavy atom. The maximum atomic E-state index is 5.15. The van der Waals surface area contributed by atoms with Gasteiger partial charge in [-0.1, -0.05) is 25.5 Å².